The molecule has 0 aromatic heterocycles. The van der Waals surface area contributed by atoms with Gasteiger partial charge in [0.2, 0.25) is 5.91 Å². The van der Waals surface area contributed by atoms with Crippen molar-refractivity contribution in [1.29, 1.82) is 0 Å². The summed E-state index contributed by atoms with van der Waals surface area (Å²) < 4.78 is 0. The van der Waals surface area contributed by atoms with Crippen LogP contribution in [0.15, 0.2) is 60.7 Å². The summed E-state index contributed by atoms with van der Waals surface area (Å²) in [4.78, 5) is 22.2. The summed E-state index contributed by atoms with van der Waals surface area (Å²) in [5, 5.41) is 5.22. The van der Waals surface area contributed by atoms with Crippen molar-refractivity contribution in [2.75, 3.05) is 6.54 Å². The standard InChI is InChI=1S/C17H19N3O2/c18-17(22)20-16(21)12-19-15(14-9-5-2-6-10-14)11-13-7-3-1-4-8-13/h1-10,15,19H,11-12H2,(H3,18,20,21,22)/t15-/m0/s1. The Morgan fingerprint density at radius 1 is 0.955 bits per heavy atom. The number of benzene rings is 2. The zero-order valence-electron chi connectivity index (χ0n) is 12.2. The third-order valence-corrected chi connectivity index (χ3v) is 3.26. The zero-order valence-corrected chi connectivity index (χ0v) is 12.2. The summed E-state index contributed by atoms with van der Waals surface area (Å²) in [5.41, 5.74) is 7.18. The summed E-state index contributed by atoms with van der Waals surface area (Å²) in [6.45, 7) is 0.0231. The summed E-state index contributed by atoms with van der Waals surface area (Å²) in [5.74, 6) is -0.443. The lowest BCUT2D eigenvalue weighted by atomic mass is 9.99. The molecule has 5 heteroatoms. The Morgan fingerprint density at radius 2 is 1.55 bits per heavy atom. The largest absolute Gasteiger partial charge is 0.351 e. The summed E-state index contributed by atoms with van der Waals surface area (Å²) in [6, 6.07) is 19.0. The van der Waals surface area contributed by atoms with Gasteiger partial charge in [-0.25, -0.2) is 4.79 Å². The number of imide groups is 1. The van der Waals surface area contributed by atoms with Crippen molar-refractivity contribution >= 4 is 11.9 Å². The smallest absolute Gasteiger partial charge is 0.318 e. The Labute approximate surface area is 129 Å². The molecule has 5 nitrogen and oxygen atoms in total. The molecule has 114 valence electrons. The molecular weight excluding hydrogens is 278 g/mol. The first-order valence-electron chi connectivity index (χ1n) is 7.06. The molecule has 2 aromatic rings. The van der Waals surface area contributed by atoms with Gasteiger partial charge >= 0.3 is 6.03 Å². The highest BCUT2D eigenvalue weighted by Crippen LogP contribution is 2.18. The molecule has 0 radical (unpaired) electrons. The topological polar surface area (TPSA) is 84.2 Å². The molecule has 0 saturated heterocycles. The highest BCUT2D eigenvalue weighted by molar-refractivity contribution is 5.94. The quantitative estimate of drug-likeness (QED) is 0.759. The van der Waals surface area contributed by atoms with Gasteiger partial charge in [-0.15, -0.1) is 0 Å². The van der Waals surface area contributed by atoms with Crippen LogP contribution in [0, 0.1) is 0 Å². The van der Waals surface area contributed by atoms with Gasteiger partial charge in [0, 0.05) is 6.04 Å². The highest BCUT2D eigenvalue weighted by Gasteiger charge is 2.14. The van der Waals surface area contributed by atoms with Crippen molar-refractivity contribution < 1.29 is 9.59 Å². The van der Waals surface area contributed by atoms with Gasteiger partial charge in [0.25, 0.3) is 0 Å². The molecule has 22 heavy (non-hydrogen) atoms. The Morgan fingerprint density at radius 3 is 2.14 bits per heavy atom. The molecule has 0 heterocycles. The van der Waals surface area contributed by atoms with E-state index in [9.17, 15) is 9.59 Å². The molecule has 0 unspecified atom stereocenters. The van der Waals surface area contributed by atoms with Gasteiger partial charge in [0.15, 0.2) is 0 Å². The molecule has 0 spiro atoms. The molecule has 0 aliphatic carbocycles. The normalized spacial score (nSPS) is 11.6. The van der Waals surface area contributed by atoms with Crippen LogP contribution in [-0.2, 0) is 11.2 Å². The van der Waals surface area contributed by atoms with Crippen LogP contribution in [0.4, 0.5) is 4.79 Å². The van der Waals surface area contributed by atoms with Crippen molar-refractivity contribution in [1.82, 2.24) is 10.6 Å². The number of carbonyl (C=O) groups is 2. The lowest BCUT2D eigenvalue weighted by molar-refractivity contribution is -0.119. The maximum absolute atomic E-state index is 11.6. The predicted molar refractivity (Wildman–Crippen MR) is 85.1 cm³/mol. The van der Waals surface area contributed by atoms with Crippen molar-refractivity contribution in [2.45, 2.75) is 12.5 Å². The van der Waals surface area contributed by atoms with Gasteiger partial charge in [-0.1, -0.05) is 60.7 Å². The SMILES string of the molecule is NC(=O)NC(=O)CN[C@@H](Cc1ccccc1)c1ccccc1. The average molecular weight is 297 g/mol. The number of amides is 3. The minimum absolute atomic E-state index is 0.0231. The number of nitrogens with two attached hydrogens (primary N) is 1. The van der Waals surface area contributed by atoms with E-state index in [4.69, 9.17) is 5.73 Å². The second kappa shape index (κ2) is 7.95. The lowest BCUT2D eigenvalue weighted by Crippen LogP contribution is -2.41. The van der Waals surface area contributed by atoms with E-state index in [1.54, 1.807) is 0 Å². The first kappa shape index (κ1) is 15.7. The van der Waals surface area contributed by atoms with Crippen molar-refractivity contribution in [3.63, 3.8) is 0 Å². The third kappa shape index (κ3) is 5.03. The van der Waals surface area contributed by atoms with E-state index in [1.807, 2.05) is 60.7 Å². The van der Waals surface area contributed by atoms with Gasteiger partial charge in [-0.2, -0.15) is 0 Å². The average Bonchev–Trinajstić information content (AvgIpc) is 2.52. The Kier molecular flexibility index (Phi) is 5.68. The Hall–Kier alpha value is -2.66. The van der Waals surface area contributed by atoms with Crippen LogP contribution in [0.1, 0.15) is 17.2 Å². The number of primary amides is 1. The van der Waals surface area contributed by atoms with Crippen LogP contribution in [-0.4, -0.2) is 18.5 Å². The van der Waals surface area contributed by atoms with Gasteiger partial charge in [0.05, 0.1) is 6.54 Å². The Balaban J connectivity index is 2.05. The highest BCUT2D eigenvalue weighted by atomic mass is 16.2. The van der Waals surface area contributed by atoms with Crippen molar-refractivity contribution in [2.24, 2.45) is 5.73 Å². The fourth-order valence-electron chi connectivity index (χ4n) is 2.24. The van der Waals surface area contributed by atoms with Crippen LogP contribution in [0.25, 0.3) is 0 Å². The first-order valence-corrected chi connectivity index (χ1v) is 7.06. The summed E-state index contributed by atoms with van der Waals surface area (Å²) in [6.07, 6.45) is 0.745. The third-order valence-electron chi connectivity index (χ3n) is 3.26. The van der Waals surface area contributed by atoms with Crippen LogP contribution in [0.5, 0.6) is 0 Å². The predicted octanol–water partition coefficient (Wildman–Crippen LogP) is 1.75. The number of nitrogens with one attached hydrogen (secondary N) is 2. The van der Waals surface area contributed by atoms with Crippen molar-refractivity contribution in [3.8, 4) is 0 Å². The number of hydrogen-bond donors (Lipinski definition) is 3. The van der Waals surface area contributed by atoms with Gasteiger partial charge in [0.1, 0.15) is 0 Å². The van der Waals surface area contributed by atoms with E-state index in [-0.39, 0.29) is 12.6 Å². The molecule has 2 rings (SSSR count). The monoisotopic (exact) mass is 297 g/mol. The van der Waals surface area contributed by atoms with E-state index < -0.39 is 11.9 Å². The van der Waals surface area contributed by atoms with Crippen molar-refractivity contribution in [3.05, 3.63) is 71.8 Å². The van der Waals surface area contributed by atoms with Gasteiger partial charge < -0.3 is 11.1 Å². The zero-order chi connectivity index (χ0) is 15.8. The second-order valence-electron chi connectivity index (χ2n) is 4.95. The van der Waals surface area contributed by atoms with E-state index in [0.717, 1.165) is 12.0 Å². The maximum atomic E-state index is 11.6. The first-order chi connectivity index (χ1) is 10.6. The fourth-order valence-corrected chi connectivity index (χ4v) is 2.24. The van der Waals surface area contributed by atoms with E-state index in [2.05, 4.69) is 10.6 Å². The van der Waals surface area contributed by atoms with E-state index in [0.29, 0.717) is 0 Å². The van der Waals surface area contributed by atoms with E-state index >= 15 is 0 Å². The van der Waals surface area contributed by atoms with Gasteiger partial charge in [-0.05, 0) is 17.5 Å². The molecule has 3 amide bonds. The van der Waals surface area contributed by atoms with Crippen LogP contribution in [0.3, 0.4) is 0 Å². The van der Waals surface area contributed by atoms with Crippen LogP contribution < -0.4 is 16.4 Å². The molecule has 0 aliphatic heterocycles. The number of rotatable bonds is 6. The minimum Gasteiger partial charge on any atom is -0.351 e. The molecule has 0 aliphatic rings. The fraction of sp³-hybridized carbons (Fsp3) is 0.176. The molecule has 0 fully saturated rings. The van der Waals surface area contributed by atoms with Crippen LogP contribution >= 0.6 is 0 Å². The second-order valence-corrected chi connectivity index (χ2v) is 4.95. The van der Waals surface area contributed by atoms with Gasteiger partial charge in [-0.3, -0.25) is 10.1 Å². The molecule has 0 bridgehead atoms. The summed E-state index contributed by atoms with van der Waals surface area (Å²) >= 11 is 0. The van der Waals surface area contributed by atoms with E-state index in [1.165, 1.54) is 5.56 Å². The number of hydrogen-bond acceptors (Lipinski definition) is 3. The molecule has 2 aromatic carbocycles. The van der Waals surface area contributed by atoms with Crippen LogP contribution in [0.2, 0.25) is 0 Å². The lowest BCUT2D eigenvalue weighted by Gasteiger charge is -2.19. The number of urea groups is 1. The maximum Gasteiger partial charge on any atom is 0.318 e. The minimum atomic E-state index is -0.842. The summed E-state index contributed by atoms with van der Waals surface area (Å²) in [7, 11) is 0. The molecule has 4 N–H and O–H groups in total. The molecular formula is C17H19N3O2. The molecule has 0 saturated carbocycles. The number of carbonyl (C=O) groups excluding carboxylic acids is 2. The Bertz CT molecular complexity index is 614. The molecule has 1 atom stereocenters.